The van der Waals surface area contributed by atoms with Crippen LogP contribution in [0.5, 0.6) is 0 Å². The number of aliphatic hydroxyl groups is 2. The predicted molar refractivity (Wildman–Crippen MR) is 252 cm³/mol. The maximum Gasteiger partial charge on any atom is 0.227 e. The summed E-state index contributed by atoms with van der Waals surface area (Å²) in [7, 11) is 0. The van der Waals surface area contributed by atoms with Crippen LogP contribution < -0.4 is 10.2 Å². The molecule has 3 N–H and O–H groups in total. The topological polar surface area (TPSA) is 203 Å². The number of aromatic nitrogens is 8. The van der Waals surface area contributed by atoms with Gasteiger partial charge in [-0.1, -0.05) is 16.4 Å². The Labute approximate surface area is 393 Å². The Bertz CT molecular complexity index is 2970. The van der Waals surface area contributed by atoms with Crippen molar-refractivity contribution in [2.45, 2.75) is 161 Å². The van der Waals surface area contributed by atoms with E-state index in [9.17, 15) is 24.2 Å². The Kier molecular flexibility index (Phi) is 12.5. The molecule has 68 heavy (non-hydrogen) atoms. The number of aliphatic hydroxyl groups excluding tert-OH is 2. The molecule has 7 aromatic rings. The van der Waals surface area contributed by atoms with E-state index in [2.05, 4.69) is 24.8 Å². The number of amides is 2. The Balaban J connectivity index is 0.000000163. The number of nitrogens with one attached hydrogen (secondary N) is 1. The molecular formula is C51H59FN10O6. The van der Waals surface area contributed by atoms with Crippen LogP contribution in [0.2, 0.25) is 0 Å². The molecule has 11 rings (SSSR count). The van der Waals surface area contributed by atoms with E-state index in [-0.39, 0.29) is 54.0 Å². The molecule has 4 fully saturated rings. The van der Waals surface area contributed by atoms with Gasteiger partial charge in [-0.2, -0.15) is 0 Å². The van der Waals surface area contributed by atoms with Gasteiger partial charge in [-0.15, -0.1) is 0 Å². The van der Waals surface area contributed by atoms with Crippen molar-refractivity contribution < 1.29 is 33.2 Å². The molecule has 17 heteroatoms. The van der Waals surface area contributed by atoms with Gasteiger partial charge in [0.15, 0.2) is 11.3 Å². The van der Waals surface area contributed by atoms with E-state index < -0.39 is 0 Å². The number of piperidine rings is 2. The maximum atomic E-state index is 14.6. The highest BCUT2D eigenvalue weighted by atomic mass is 19.1. The molecule has 16 nitrogen and oxygen atoms in total. The Morgan fingerprint density at radius 2 is 1.19 bits per heavy atom. The van der Waals surface area contributed by atoms with Crippen molar-refractivity contribution in [1.29, 1.82) is 0 Å². The van der Waals surface area contributed by atoms with Gasteiger partial charge >= 0.3 is 0 Å². The second-order valence-electron chi connectivity index (χ2n) is 19.3. The highest BCUT2D eigenvalue weighted by Crippen LogP contribution is 2.42. The molecule has 2 saturated carbocycles. The highest BCUT2D eigenvalue weighted by Gasteiger charge is 2.37. The molecule has 2 aliphatic heterocycles. The summed E-state index contributed by atoms with van der Waals surface area (Å²) in [5.41, 5.74) is 9.50. The van der Waals surface area contributed by atoms with Gasteiger partial charge in [0.1, 0.15) is 40.0 Å². The lowest BCUT2D eigenvalue weighted by atomic mass is 9.92. The summed E-state index contributed by atoms with van der Waals surface area (Å²) in [6, 6.07) is 8.90. The number of aryl methyl sites for hydroxylation is 5. The number of nitrogens with zero attached hydrogens (tertiary/aromatic N) is 9. The molecule has 356 valence electrons. The molecule has 2 atom stereocenters. The number of benzene rings is 1. The molecular weight excluding hydrogens is 868 g/mol. The van der Waals surface area contributed by atoms with Crippen molar-refractivity contribution >= 4 is 39.8 Å². The second-order valence-corrected chi connectivity index (χ2v) is 19.3. The zero-order valence-corrected chi connectivity index (χ0v) is 39.3. The molecule has 2 aliphatic carbocycles. The largest absolute Gasteiger partial charge is 0.393 e. The van der Waals surface area contributed by atoms with Gasteiger partial charge in [-0.05, 0) is 141 Å². The molecule has 8 heterocycles. The normalized spacial score (nSPS) is 23.5. The van der Waals surface area contributed by atoms with Crippen LogP contribution in [0.1, 0.15) is 154 Å². The minimum atomic E-state index is -0.345. The molecule has 2 saturated heterocycles. The first-order valence-electron chi connectivity index (χ1n) is 24.2. The SMILES string of the molecule is Cc1ccc(N2C(=O)CCC[C@H]2c2nc3cc(-c4c(C)noc4C)cnc3n2C2CCC(O)CC2)cc1F.Cc1noc(C)c1-c1cnc2c(c1)nc([C@@H]1CCCC(=O)N1)n2C1CCC(O)CC1. The van der Waals surface area contributed by atoms with Gasteiger partial charge < -0.3 is 38.6 Å². The van der Waals surface area contributed by atoms with Crippen molar-refractivity contribution in [2.24, 2.45) is 0 Å². The highest BCUT2D eigenvalue weighted by molar-refractivity contribution is 5.95. The van der Waals surface area contributed by atoms with Gasteiger partial charge in [0.2, 0.25) is 11.8 Å². The van der Waals surface area contributed by atoms with E-state index in [0.29, 0.717) is 36.9 Å². The summed E-state index contributed by atoms with van der Waals surface area (Å²) in [6.07, 6.45) is 13.7. The summed E-state index contributed by atoms with van der Waals surface area (Å²) < 4.78 is 29.7. The van der Waals surface area contributed by atoms with Crippen molar-refractivity contribution in [3.05, 3.63) is 88.7 Å². The average Bonchev–Trinajstić information content (AvgIpc) is 4.09. The van der Waals surface area contributed by atoms with Gasteiger partial charge in [0.25, 0.3) is 0 Å². The zero-order valence-electron chi connectivity index (χ0n) is 39.3. The third-order valence-corrected chi connectivity index (χ3v) is 14.5. The first kappa shape index (κ1) is 45.5. The zero-order chi connectivity index (χ0) is 47.4. The second kappa shape index (κ2) is 18.6. The fourth-order valence-electron chi connectivity index (χ4n) is 11.1. The summed E-state index contributed by atoms with van der Waals surface area (Å²) in [5, 5.41) is 31.4. The predicted octanol–water partition coefficient (Wildman–Crippen LogP) is 9.41. The van der Waals surface area contributed by atoms with Crippen LogP contribution in [0.3, 0.4) is 0 Å². The van der Waals surface area contributed by atoms with Gasteiger partial charge in [0.05, 0.1) is 35.7 Å². The number of carbonyl (C=O) groups excluding carboxylic acids is 2. The summed E-state index contributed by atoms with van der Waals surface area (Å²) in [5.74, 6) is 2.82. The lowest BCUT2D eigenvalue weighted by Gasteiger charge is -2.37. The standard InChI is InChI=1S/C29H32FN5O3.C22H27N5O3/c1-16-7-8-21(14-23(16)30)34-25(5-4-6-26(34)37)29-32-24-13-19(27-17(2)33-38-18(27)3)15-31-28(24)35(29)20-9-11-22(36)12-10-20;1-12-20(13(2)30-26-12)14-10-18-21(23-11-14)27(15-6-8-16(28)9-7-15)22(25-18)17-4-3-5-19(29)24-17/h7-8,13-15,20,22,25,36H,4-6,9-12H2,1-3H3;10-11,15-17,28H,3-9H2,1-2H3,(H,24,29)/t20?,22?,25-;15?,16?,17-/m00/s1. The number of anilines is 1. The minimum absolute atomic E-state index is 0.0356. The number of fused-ring (bicyclic) bond motifs is 2. The summed E-state index contributed by atoms with van der Waals surface area (Å²) >= 11 is 0. The lowest BCUT2D eigenvalue weighted by molar-refractivity contribution is -0.123. The first-order valence-corrected chi connectivity index (χ1v) is 24.2. The monoisotopic (exact) mass is 926 g/mol. The number of hydrogen-bond acceptors (Lipinski definition) is 12. The van der Waals surface area contributed by atoms with Crippen molar-refractivity contribution in [2.75, 3.05) is 4.90 Å². The number of carbonyl (C=O) groups is 2. The smallest absolute Gasteiger partial charge is 0.227 e. The first-order chi connectivity index (χ1) is 32.8. The van der Waals surface area contributed by atoms with E-state index in [4.69, 9.17) is 29.0 Å². The molecule has 4 aliphatic rings. The number of imidazole rings is 2. The lowest BCUT2D eigenvalue weighted by Crippen LogP contribution is -2.40. The molecule has 6 aromatic heterocycles. The van der Waals surface area contributed by atoms with Gasteiger partial charge in [-0.3, -0.25) is 9.59 Å². The Morgan fingerprint density at radius 1 is 0.662 bits per heavy atom. The van der Waals surface area contributed by atoms with E-state index in [1.165, 1.54) is 6.07 Å². The number of pyridine rings is 2. The van der Waals surface area contributed by atoms with E-state index >= 15 is 0 Å². The Hall–Kier alpha value is -6.33. The van der Waals surface area contributed by atoms with Crippen LogP contribution in [0.15, 0.2) is 51.8 Å². The number of hydrogen-bond donors (Lipinski definition) is 3. The third-order valence-electron chi connectivity index (χ3n) is 14.5. The van der Waals surface area contributed by atoms with Gasteiger partial charge in [-0.25, -0.2) is 24.3 Å². The fraction of sp³-hybridized carbons (Fsp3) is 0.490. The minimum Gasteiger partial charge on any atom is -0.393 e. The molecule has 0 unspecified atom stereocenters. The van der Waals surface area contributed by atoms with Crippen LogP contribution >= 0.6 is 0 Å². The van der Waals surface area contributed by atoms with E-state index in [1.54, 1.807) is 17.9 Å². The average molecular weight is 927 g/mol. The number of rotatable bonds is 7. The third kappa shape index (κ3) is 8.59. The van der Waals surface area contributed by atoms with Crippen LogP contribution in [0.25, 0.3) is 44.6 Å². The molecule has 0 radical (unpaired) electrons. The quantitative estimate of drug-likeness (QED) is 0.137. The fourth-order valence-corrected chi connectivity index (χ4v) is 11.1. The maximum absolute atomic E-state index is 14.6. The van der Waals surface area contributed by atoms with Crippen molar-refractivity contribution in [3.8, 4) is 22.3 Å². The van der Waals surface area contributed by atoms with Crippen molar-refractivity contribution in [3.63, 3.8) is 0 Å². The van der Waals surface area contributed by atoms with Crippen LogP contribution in [-0.4, -0.2) is 73.6 Å². The Morgan fingerprint density at radius 3 is 1.71 bits per heavy atom. The molecule has 2 amide bonds. The van der Waals surface area contributed by atoms with Gasteiger partial charge in [0, 0.05) is 65.3 Å². The molecule has 0 bridgehead atoms. The van der Waals surface area contributed by atoms with E-state index in [1.807, 2.05) is 58.3 Å². The molecule has 0 spiro atoms. The van der Waals surface area contributed by atoms with Crippen LogP contribution in [0.4, 0.5) is 10.1 Å². The molecule has 1 aromatic carbocycles. The van der Waals surface area contributed by atoms with Crippen molar-refractivity contribution in [1.82, 2.24) is 44.7 Å². The van der Waals surface area contributed by atoms with E-state index in [0.717, 1.165) is 143 Å². The van der Waals surface area contributed by atoms with Crippen LogP contribution in [-0.2, 0) is 9.59 Å². The van der Waals surface area contributed by atoms with Crippen LogP contribution in [0, 0.1) is 40.4 Å². The number of halogens is 1. The summed E-state index contributed by atoms with van der Waals surface area (Å²) in [4.78, 5) is 46.8. The summed E-state index contributed by atoms with van der Waals surface area (Å²) in [6.45, 7) is 9.32.